The molecule has 1 aliphatic heterocycles. The molecule has 0 aromatic carbocycles. The van der Waals surface area contributed by atoms with Crippen molar-refractivity contribution in [3.8, 4) is 0 Å². The van der Waals surface area contributed by atoms with E-state index < -0.39 is 0 Å². The Morgan fingerprint density at radius 2 is 2.44 bits per heavy atom. The summed E-state index contributed by atoms with van der Waals surface area (Å²) in [6, 6.07) is 6.21. The molecule has 2 aromatic rings. The van der Waals surface area contributed by atoms with Gasteiger partial charge in [-0.2, -0.15) is 5.10 Å². The number of nitrogens with one attached hydrogen (secondary N) is 1. The lowest BCUT2D eigenvalue weighted by Gasteiger charge is -2.18. The second-order valence-electron chi connectivity index (χ2n) is 4.36. The number of hydrogen-bond acceptors (Lipinski definition) is 3. The van der Waals surface area contributed by atoms with E-state index in [1.54, 1.807) is 0 Å². The van der Waals surface area contributed by atoms with Crippen LogP contribution in [0.2, 0.25) is 0 Å². The second kappa shape index (κ2) is 4.82. The van der Waals surface area contributed by atoms with Crippen LogP contribution in [0, 0.1) is 0 Å². The first-order valence-electron chi connectivity index (χ1n) is 6.38. The Morgan fingerprint density at radius 3 is 3.22 bits per heavy atom. The average Bonchev–Trinajstić information content (AvgIpc) is 3.06. The summed E-state index contributed by atoms with van der Waals surface area (Å²) >= 11 is 0. The summed E-state index contributed by atoms with van der Waals surface area (Å²) in [5.41, 5.74) is 2.30. The maximum atomic E-state index is 5.70. The van der Waals surface area contributed by atoms with Crippen molar-refractivity contribution in [3.05, 3.63) is 48.0 Å². The van der Waals surface area contributed by atoms with E-state index in [0.29, 0.717) is 0 Å². The summed E-state index contributed by atoms with van der Waals surface area (Å²) in [7, 11) is 0. The number of aromatic nitrogens is 2. The highest BCUT2D eigenvalue weighted by Gasteiger charge is 2.22. The molecule has 1 aliphatic rings. The largest absolute Gasteiger partial charge is 0.496 e. The van der Waals surface area contributed by atoms with Gasteiger partial charge in [-0.25, -0.2) is 4.52 Å². The molecular weight excluding hydrogens is 226 g/mol. The monoisotopic (exact) mass is 243 g/mol. The van der Waals surface area contributed by atoms with Crippen LogP contribution in [-0.2, 0) is 4.74 Å². The lowest BCUT2D eigenvalue weighted by atomic mass is 10.1. The highest BCUT2D eigenvalue weighted by atomic mass is 16.5. The Bertz CT molecular complexity index is 573. The summed E-state index contributed by atoms with van der Waals surface area (Å²) in [5.74, 6) is 1.02. The van der Waals surface area contributed by atoms with Crippen molar-refractivity contribution in [1.82, 2.24) is 14.9 Å². The van der Waals surface area contributed by atoms with Crippen molar-refractivity contribution in [2.24, 2.45) is 0 Å². The van der Waals surface area contributed by atoms with E-state index in [1.807, 2.05) is 29.0 Å². The summed E-state index contributed by atoms with van der Waals surface area (Å²) < 4.78 is 7.60. The van der Waals surface area contributed by atoms with Crippen molar-refractivity contribution in [1.29, 1.82) is 0 Å². The summed E-state index contributed by atoms with van der Waals surface area (Å²) in [5, 5.41) is 7.86. The van der Waals surface area contributed by atoms with Crippen molar-refractivity contribution in [2.45, 2.75) is 19.4 Å². The molecule has 4 nitrogen and oxygen atoms in total. The lowest BCUT2D eigenvalue weighted by Crippen LogP contribution is -2.23. The van der Waals surface area contributed by atoms with E-state index in [2.05, 4.69) is 29.5 Å². The summed E-state index contributed by atoms with van der Waals surface area (Å²) in [4.78, 5) is 0. The van der Waals surface area contributed by atoms with E-state index in [4.69, 9.17) is 4.74 Å². The van der Waals surface area contributed by atoms with E-state index in [-0.39, 0.29) is 6.04 Å². The smallest absolute Gasteiger partial charge is 0.114 e. The fourth-order valence-electron chi connectivity index (χ4n) is 2.38. The molecule has 4 heteroatoms. The van der Waals surface area contributed by atoms with Gasteiger partial charge in [0.2, 0.25) is 0 Å². The maximum Gasteiger partial charge on any atom is 0.114 e. The molecule has 0 aliphatic carbocycles. The van der Waals surface area contributed by atoms with E-state index >= 15 is 0 Å². The predicted octanol–water partition coefficient (Wildman–Crippen LogP) is 2.29. The number of nitrogens with zero attached hydrogens (tertiary/aromatic N) is 2. The summed E-state index contributed by atoms with van der Waals surface area (Å²) in [6.45, 7) is 3.79. The average molecular weight is 243 g/mol. The topological polar surface area (TPSA) is 38.6 Å². The first-order valence-corrected chi connectivity index (χ1v) is 6.38. The SMILES string of the molecule is CCNC(C1=CCCO1)c1cnn2ccccc12. The third-order valence-electron chi connectivity index (χ3n) is 3.19. The van der Waals surface area contributed by atoms with Crippen LogP contribution in [0.1, 0.15) is 24.9 Å². The number of ether oxygens (including phenoxy) is 1. The molecule has 0 fully saturated rings. The molecule has 2 aromatic heterocycles. The van der Waals surface area contributed by atoms with Gasteiger partial charge < -0.3 is 10.1 Å². The number of likely N-dealkylation sites (N-methyl/N-ethyl adjacent to an activating group) is 1. The Kier molecular flexibility index (Phi) is 3.02. The van der Waals surface area contributed by atoms with E-state index in [0.717, 1.165) is 30.8 Å². The van der Waals surface area contributed by atoms with Gasteiger partial charge in [0, 0.05) is 18.2 Å². The molecule has 94 valence electrons. The number of fused-ring (bicyclic) bond motifs is 1. The van der Waals surface area contributed by atoms with Gasteiger partial charge in [-0.05, 0) is 24.8 Å². The van der Waals surface area contributed by atoms with Crippen molar-refractivity contribution in [2.75, 3.05) is 13.2 Å². The van der Waals surface area contributed by atoms with E-state index in [9.17, 15) is 0 Å². The quantitative estimate of drug-likeness (QED) is 0.895. The van der Waals surface area contributed by atoms with Gasteiger partial charge in [0.05, 0.1) is 24.4 Å². The van der Waals surface area contributed by atoms with Crippen LogP contribution in [0.3, 0.4) is 0 Å². The highest BCUT2D eigenvalue weighted by Crippen LogP contribution is 2.29. The van der Waals surface area contributed by atoms with Crippen LogP contribution in [0.15, 0.2) is 42.4 Å². The van der Waals surface area contributed by atoms with Crippen molar-refractivity contribution >= 4 is 5.52 Å². The van der Waals surface area contributed by atoms with Crippen LogP contribution in [0.5, 0.6) is 0 Å². The zero-order valence-corrected chi connectivity index (χ0v) is 10.5. The van der Waals surface area contributed by atoms with Crippen LogP contribution in [0.25, 0.3) is 5.52 Å². The highest BCUT2D eigenvalue weighted by molar-refractivity contribution is 5.56. The van der Waals surface area contributed by atoms with Gasteiger partial charge in [-0.3, -0.25) is 0 Å². The number of pyridine rings is 1. The van der Waals surface area contributed by atoms with Gasteiger partial charge in [0.15, 0.2) is 0 Å². The molecule has 0 spiro atoms. The normalized spacial score (nSPS) is 16.6. The minimum Gasteiger partial charge on any atom is -0.496 e. The zero-order chi connectivity index (χ0) is 12.4. The fraction of sp³-hybridized carbons (Fsp3) is 0.357. The molecule has 0 saturated heterocycles. The van der Waals surface area contributed by atoms with Crippen LogP contribution in [0.4, 0.5) is 0 Å². The third-order valence-corrected chi connectivity index (χ3v) is 3.19. The molecule has 18 heavy (non-hydrogen) atoms. The number of hydrogen-bond donors (Lipinski definition) is 1. The zero-order valence-electron chi connectivity index (χ0n) is 10.5. The van der Waals surface area contributed by atoms with Gasteiger partial charge in [-0.1, -0.05) is 13.0 Å². The third kappa shape index (κ3) is 1.88. The molecule has 0 radical (unpaired) electrons. The minimum atomic E-state index is 0.109. The first kappa shape index (κ1) is 11.3. The van der Waals surface area contributed by atoms with Gasteiger partial charge in [0.25, 0.3) is 0 Å². The van der Waals surface area contributed by atoms with E-state index in [1.165, 1.54) is 5.56 Å². The van der Waals surface area contributed by atoms with Crippen LogP contribution >= 0.6 is 0 Å². The number of rotatable bonds is 4. The Hall–Kier alpha value is -1.81. The maximum absolute atomic E-state index is 5.70. The lowest BCUT2D eigenvalue weighted by molar-refractivity contribution is 0.216. The van der Waals surface area contributed by atoms with Gasteiger partial charge >= 0.3 is 0 Å². The molecular formula is C14H17N3O. The molecule has 1 atom stereocenters. The second-order valence-corrected chi connectivity index (χ2v) is 4.36. The van der Waals surface area contributed by atoms with Gasteiger partial charge in [-0.15, -0.1) is 0 Å². The van der Waals surface area contributed by atoms with Crippen molar-refractivity contribution < 1.29 is 4.74 Å². The minimum absolute atomic E-state index is 0.109. The molecule has 1 unspecified atom stereocenters. The predicted molar refractivity (Wildman–Crippen MR) is 70.3 cm³/mol. The van der Waals surface area contributed by atoms with Crippen LogP contribution < -0.4 is 5.32 Å². The molecule has 1 N–H and O–H groups in total. The molecule has 0 saturated carbocycles. The first-order chi connectivity index (χ1) is 8.90. The molecule has 3 rings (SSSR count). The Labute approximate surface area is 106 Å². The fourth-order valence-corrected chi connectivity index (χ4v) is 2.38. The Morgan fingerprint density at radius 1 is 1.50 bits per heavy atom. The molecule has 0 bridgehead atoms. The molecule has 0 amide bonds. The van der Waals surface area contributed by atoms with Gasteiger partial charge in [0.1, 0.15) is 5.76 Å². The van der Waals surface area contributed by atoms with Crippen LogP contribution in [-0.4, -0.2) is 22.8 Å². The van der Waals surface area contributed by atoms with Crippen molar-refractivity contribution in [3.63, 3.8) is 0 Å². The molecule has 3 heterocycles. The Balaban J connectivity index is 2.03. The standard InChI is InChI=1S/C14H17N3O/c1-2-15-14(13-7-5-9-18-13)11-10-16-17-8-4-3-6-12(11)17/h3-4,6-8,10,14-15H,2,5,9H2,1H3. The summed E-state index contributed by atoms with van der Waals surface area (Å²) in [6.07, 6.45) is 7.05.